The first-order valence-corrected chi connectivity index (χ1v) is 7.06. The van der Waals surface area contributed by atoms with Crippen LogP contribution in [0.1, 0.15) is 11.7 Å². The lowest BCUT2D eigenvalue weighted by molar-refractivity contribution is -0.384. The molecular formula is C15H14ClN3O4. The number of anilines is 1. The molecule has 2 aromatic rings. The van der Waals surface area contributed by atoms with Crippen LogP contribution in [0.5, 0.6) is 0 Å². The van der Waals surface area contributed by atoms with E-state index >= 15 is 0 Å². The fourth-order valence-corrected chi connectivity index (χ4v) is 1.96. The van der Waals surface area contributed by atoms with Crippen molar-refractivity contribution in [2.45, 2.75) is 6.10 Å². The summed E-state index contributed by atoms with van der Waals surface area (Å²) in [6.45, 7) is -0.0305. The van der Waals surface area contributed by atoms with Crippen LogP contribution in [-0.2, 0) is 0 Å². The minimum atomic E-state index is -0.966. The van der Waals surface area contributed by atoms with Gasteiger partial charge in [0.2, 0.25) is 0 Å². The summed E-state index contributed by atoms with van der Waals surface area (Å²) in [5.74, 6) is 0. The van der Waals surface area contributed by atoms with Crippen LogP contribution < -0.4 is 10.6 Å². The molecule has 8 heteroatoms. The molecule has 0 aliphatic carbocycles. The van der Waals surface area contributed by atoms with Crippen LogP contribution in [0.15, 0.2) is 48.5 Å². The molecular weight excluding hydrogens is 322 g/mol. The molecule has 1 unspecified atom stereocenters. The van der Waals surface area contributed by atoms with Crippen molar-refractivity contribution in [2.24, 2.45) is 0 Å². The van der Waals surface area contributed by atoms with Crippen LogP contribution in [0.2, 0.25) is 5.02 Å². The zero-order valence-electron chi connectivity index (χ0n) is 11.9. The Morgan fingerprint density at radius 1 is 1.17 bits per heavy atom. The van der Waals surface area contributed by atoms with E-state index in [4.69, 9.17) is 11.6 Å². The van der Waals surface area contributed by atoms with Gasteiger partial charge in [0.15, 0.2) is 0 Å². The number of urea groups is 1. The molecule has 2 amide bonds. The van der Waals surface area contributed by atoms with Crippen molar-refractivity contribution in [3.8, 4) is 0 Å². The van der Waals surface area contributed by atoms with Gasteiger partial charge in [-0.1, -0.05) is 11.6 Å². The number of rotatable bonds is 5. The highest BCUT2D eigenvalue weighted by atomic mass is 35.5. The Morgan fingerprint density at radius 2 is 1.78 bits per heavy atom. The van der Waals surface area contributed by atoms with Crippen molar-refractivity contribution >= 4 is 29.0 Å². The number of nitrogens with zero attached hydrogens (tertiary/aromatic N) is 1. The van der Waals surface area contributed by atoms with Gasteiger partial charge >= 0.3 is 6.03 Å². The summed E-state index contributed by atoms with van der Waals surface area (Å²) < 4.78 is 0. The maximum absolute atomic E-state index is 11.7. The lowest BCUT2D eigenvalue weighted by atomic mass is 10.1. The fraction of sp³-hybridized carbons (Fsp3) is 0.133. The normalized spacial score (nSPS) is 11.6. The van der Waals surface area contributed by atoms with E-state index in [1.165, 1.54) is 24.3 Å². The third-order valence-corrected chi connectivity index (χ3v) is 3.30. The van der Waals surface area contributed by atoms with Gasteiger partial charge in [-0.2, -0.15) is 0 Å². The second kappa shape index (κ2) is 7.57. The number of carbonyl (C=O) groups is 1. The van der Waals surface area contributed by atoms with Gasteiger partial charge < -0.3 is 15.7 Å². The largest absolute Gasteiger partial charge is 0.387 e. The summed E-state index contributed by atoms with van der Waals surface area (Å²) in [4.78, 5) is 21.8. The zero-order chi connectivity index (χ0) is 16.8. The first-order valence-electron chi connectivity index (χ1n) is 6.68. The van der Waals surface area contributed by atoms with Gasteiger partial charge in [-0.25, -0.2) is 4.79 Å². The zero-order valence-corrected chi connectivity index (χ0v) is 12.7. The maximum atomic E-state index is 11.7. The number of aliphatic hydroxyl groups excluding tert-OH is 1. The second-order valence-corrected chi connectivity index (χ2v) is 5.14. The molecule has 0 aliphatic heterocycles. The number of carbonyl (C=O) groups excluding carboxylic acids is 1. The molecule has 0 saturated heterocycles. The van der Waals surface area contributed by atoms with Crippen molar-refractivity contribution < 1.29 is 14.8 Å². The van der Waals surface area contributed by atoms with Gasteiger partial charge in [-0.15, -0.1) is 0 Å². The van der Waals surface area contributed by atoms with Crippen molar-refractivity contribution in [1.29, 1.82) is 0 Å². The summed E-state index contributed by atoms with van der Waals surface area (Å²) in [5, 5.41) is 26.2. The molecule has 0 spiro atoms. The standard InChI is InChI=1S/C15H14ClN3O4/c16-11-3-5-12(6-4-11)18-15(21)17-9-14(20)10-1-7-13(8-2-10)19(22)23/h1-8,14,20H,9H2,(H2,17,18,21). The van der Waals surface area contributed by atoms with Gasteiger partial charge in [0.25, 0.3) is 5.69 Å². The third kappa shape index (κ3) is 4.94. The molecule has 0 aliphatic rings. The number of halogens is 1. The van der Waals surface area contributed by atoms with E-state index < -0.39 is 17.1 Å². The van der Waals surface area contributed by atoms with E-state index in [-0.39, 0.29) is 12.2 Å². The minimum absolute atomic E-state index is 0.0305. The highest BCUT2D eigenvalue weighted by Crippen LogP contribution is 2.17. The number of nitro groups is 1. The molecule has 2 aromatic carbocycles. The van der Waals surface area contributed by atoms with Crippen LogP contribution in [0.4, 0.5) is 16.2 Å². The SMILES string of the molecule is O=C(NCC(O)c1ccc([N+](=O)[O-])cc1)Nc1ccc(Cl)cc1. The Hall–Kier alpha value is -2.64. The second-order valence-electron chi connectivity index (χ2n) is 4.71. The quantitative estimate of drug-likeness (QED) is 0.576. The molecule has 23 heavy (non-hydrogen) atoms. The Kier molecular flexibility index (Phi) is 5.51. The van der Waals surface area contributed by atoms with E-state index in [9.17, 15) is 20.0 Å². The van der Waals surface area contributed by atoms with Gasteiger partial charge in [0, 0.05) is 29.4 Å². The smallest absolute Gasteiger partial charge is 0.319 e. The van der Waals surface area contributed by atoms with E-state index in [0.29, 0.717) is 16.3 Å². The molecule has 0 saturated carbocycles. The first kappa shape index (κ1) is 16.7. The average Bonchev–Trinajstić information content (AvgIpc) is 2.55. The molecule has 0 heterocycles. The molecule has 120 valence electrons. The van der Waals surface area contributed by atoms with Crippen LogP contribution in [0, 0.1) is 10.1 Å². The number of hydrogen-bond donors (Lipinski definition) is 3. The number of non-ortho nitro benzene ring substituents is 1. The number of benzene rings is 2. The van der Waals surface area contributed by atoms with Gasteiger partial charge in [-0.3, -0.25) is 10.1 Å². The van der Waals surface area contributed by atoms with E-state index in [1.54, 1.807) is 24.3 Å². The molecule has 3 N–H and O–H groups in total. The van der Waals surface area contributed by atoms with Gasteiger partial charge in [0.05, 0.1) is 11.0 Å². The monoisotopic (exact) mass is 335 g/mol. The van der Waals surface area contributed by atoms with Crippen LogP contribution in [-0.4, -0.2) is 22.6 Å². The lowest BCUT2D eigenvalue weighted by Crippen LogP contribution is -2.32. The molecule has 0 radical (unpaired) electrons. The lowest BCUT2D eigenvalue weighted by Gasteiger charge is -2.13. The first-order chi connectivity index (χ1) is 11.0. The summed E-state index contributed by atoms with van der Waals surface area (Å²) in [5.41, 5.74) is 0.980. The summed E-state index contributed by atoms with van der Waals surface area (Å²) in [6, 6.07) is 11.6. The van der Waals surface area contributed by atoms with Crippen molar-refractivity contribution in [2.75, 3.05) is 11.9 Å². The third-order valence-electron chi connectivity index (χ3n) is 3.05. The average molecular weight is 336 g/mol. The number of hydrogen-bond acceptors (Lipinski definition) is 4. The van der Waals surface area contributed by atoms with Gasteiger partial charge in [-0.05, 0) is 42.0 Å². The van der Waals surface area contributed by atoms with E-state index in [0.717, 1.165) is 0 Å². The molecule has 0 bridgehead atoms. The minimum Gasteiger partial charge on any atom is -0.387 e. The topological polar surface area (TPSA) is 104 Å². The van der Waals surface area contributed by atoms with Crippen LogP contribution in [0.25, 0.3) is 0 Å². The summed E-state index contributed by atoms with van der Waals surface area (Å²) >= 11 is 5.75. The van der Waals surface area contributed by atoms with E-state index in [2.05, 4.69) is 10.6 Å². The highest BCUT2D eigenvalue weighted by molar-refractivity contribution is 6.30. The Labute approximate surface area is 137 Å². The number of aliphatic hydroxyl groups is 1. The van der Waals surface area contributed by atoms with Gasteiger partial charge in [0.1, 0.15) is 0 Å². The number of amides is 2. The molecule has 0 fully saturated rings. The fourth-order valence-electron chi connectivity index (χ4n) is 1.83. The Morgan fingerprint density at radius 3 is 2.35 bits per heavy atom. The van der Waals surface area contributed by atoms with Crippen molar-refractivity contribution in [1.82, 2.24) is 5.32 Å². The molecule has 1 atom stereocenters. The predicted octanol–water partition coefficient (Wildman–Crippen LogP) is 3.10. The summed E-state index contributed by atoms with van der Waals surface area (Å²) in [7, 11) is 0. The van der Waals surface area contributed by atoms with Crippen molar-refractivity contribution in [3.63, 3.8) is 0 Å². The Bertz CT molecular complexity index is 689. The molecule has 0 aromatic heterocycles. The van der Waals surface area contributed by atoms with Crippen LogP contribution >= 0.6 is 11.6 Å². The predicted molar refractivity (Wildman–Crippen MR) is 86.5 cm³/mol. The Balaban J connectivity index is 1.85. The number of nitro benzene ring substituents is 1. The summed E-state index contributed by atoms with van der Waals surface area (Å²) in [6.07, 6.45) is -0.966. The molecule has 7 nitrogen and oxygen atoms in total. The maximum Gasteiger partial charge on any atom is 0.319 e. The van der Waals surface area contributed by atoms with Crippen LogP contribution in [0.3, 0.4) is 0 Å². The van der Waals surface area contributed by atoms with Crippen molar-refractivity contribution in [3.05, 3.63) is 69.2 Å². The highest BCUT2D eigenvalue weighted by Gasteiger charge is 2.12. The van der Waals surface area contributed by atoms with E-state index in [1.807, 2.05) is 0 Å². The number of nitrogens with one attached hydrogen (secondary N) is 2. The molecule has 2 rings (SSSR count).